The second kappa shape index (κ2) is 6.98. The van der Waals surface area contributed by atoms with Crippen molar-refractivity contribution in [3.8, 4) is 0 Å². The van der Waals surface area contributed by atoms with Crippen molar-refractivity contribution < 1.29 is 9.21 Å². The quantitative estimate of drug-likeness (QED) is 0.747. The van der Waals surface area contributed by atoms with E-state index in [1.807, 2.05) is 30.5 Å². The predicted octanol–water partition coefficient (Wildman–Crippen LogP) is 3.72. The lowest BCUT2D eigenvalue weighted by Crippen LogP contribution is -2.25. The Morgan fingerprint density at radius 1 is 1.32 bits per heavy atom. The van der Waals surface area contributed by atoms with E-state index >= 15 is 0 Å². The van der Waals surface area contributed by atoms with Gasteiger partial charge in [0.05, 0.1) is 21.0 Å². The van der Waals surface area contributed by atoms with Gasteiger partial charge in [0, 0.05) is 13.0 Å². The molecule has 0 saturated carbocycles. The van der Waals surface area contributed by atoms with Gasteiger partial charge in [-0.05, 0) is 30.5 Å². The Morgan fingerprint density at radius 3 is 3.00 bits per heavy atom. The van der Waals surface area contributed by atoms with E-state index < -0.39 is 0 Å². The number of para-hydroxylation sites is 1. The standard InChI is InChI=1S/C16H16N2O2S2/c1-21-10-11-6-7-13(20-11)16(19)17-9-8-15-18-12-4-2-3-5-14(12)22-15/h2-7H,8-10H2,1H3,(H,17,19). The van der Waals surface area contributed by atoms with E-state index in [4.69, 9.17) is 4.42 Å². The normalized spacial score (nSPS) is 11.0. The molecule has 1 amide bonds. The lowest BCUT2D eigenvalue weighted by Gasteiger charge is -2.01. The van der Waals surface area contributed by atoms with Crippen molar-refractivity contribution in [2.45, 2.75) is 12.2 Å². The first-order chi connectivity index (χ1) is 10.8. The van der Waals surface area contributed by atoms with Crippen LogP contribution in [0.4, 0.5) is 0 Å². The average molecular weight is 332 g/mol. The number of thiazole rings is 1. The monoisotopic (exact) mass is 332 g/mol. The van der Waals surface area contributed by atoms with Crippen LogP contribution >= 0.6 is 23.1 Å². The number of hydrogen-bond donors (Lipinski definition) is 1. The van der Waals surface area contributed by atoms with Crippen molar-refractivity contribution in [3.05, 3.63) is 52.9 Å². The highest BCUT2D eigenvalue weighted by atomic mass is 32.2. The summed E-state index contributed by atoms with van der Waals surface area (Å²) < 4.78 is 6.67. The van der Waals surface area contributed by atoms with Crippen LogP contribution in [0.2, 0.25) is 0 Å². The molecule has 3 rings (SSSR count). The largest absolute Gasteiger partial charge is 0.455 e. The van der Waals surface area contributed by atoms with E-state index in [1.165, 1.54) is 4.70 Å². The molecule has 0 aliphatic heterocycles. The summed E-state index contributed by atoms with van der Waals surface area (Å²) in [6.07, 6.45) is 2.73. The van der Waals surface area contributed by atoms with Gasteiger partial charge in [0.2, 0.25) is 0 Å². The summed E-state index contributed by atoms with van der Waals surface area (Å²) in [6, 6.07) is 11.6. The van der Waals surface area contributed by atoms with E-state index in [-0.39, 0.29) is 5.91 Å². The molecule has 0 unspecified atom stereocenters. The molecule has 0 saturated heterocycles. The van der Waals surface area contributed by atoms with Gasteiger partial charge in [-0.15, -0.1) is 11.3 Å². The Hall–Kier alpha value is -1.79. The molecule has 0 aliphatic rings. The van der Waals surface area contributed by atoms with Gasteiger partial charge in [0.15, 0.2) is 5.76 Å². The molecule has 0 bridgehead atoms. The third-order valence-corrected chi connectivity index (χ3v) is 4.80. The van der Waals surface area contributed by atoms with Gasteiger partial charge >= 0.3 is 0 Å². The lowest BCUT2D eigenvalue weighted by molar-refractivity contribution is 0.0925. The molecule has 3 aromatic rings. The molecule has 0 fully saturated rings. The van der Waals surface area contributed by atoms with Gasteiger partial charge in [-0.3, -0.25) is 4.79 Å². The summed E-state index contributed by atoms with van der Waals surface area (Å²) in [6.45, 7) is 0.553. The lowest BCUT2D eigenvalue weighted by atomic mass is 10.3. The number of rotatable bonds is 6. The topological polar surface area (TPSA) is 55.1 Å². The first-order valence-electron chi connectivity index (χ1n) is 6.96. The predicted molar refractivity (Wildman–Crippen MR) is 91.6 cm³/mol. The zero-order valence-corrected chi connectivity index (χ0v) is 13.8. The fraction of sp³-hybridized carbons (Fsp3) is 0.250. The molecule has 0 radical (unpaired) electrons. The number of hydrogen-bond acceptors (Lipinski definition) is 5. The van der Waals surface area contributed by atoms with Crippen LogP contribution in [-0.2, 0) is 12.2 Å². The number of carbonyl (C=O) groups is 1. The van der Waals surface area contributed by atoms with Crippen LogP contribution in [0, 0.1) is 0 Å². The van der Waals surface area contributed by atoms with Gasteiger partial charge in [0.25, 0.3) is 5.91 Å². The van der Waals surface area contributed by atoms with Crippen molar-refractivity contribution in [1.29, 1.82) is 0 Å². The van der Waals surface area contributed by atoms with Gasteiger partial charge in [0.1, 0.15) is 5.76 Å². The highest BCUT2D eigenvalue weighted by Crippen LogP contribution is 2.21. The fourth-order valence-corrected chi connectivity index (χ4v) is 3.52. The van der Waals surface area contributed by atoms with Crippen LogP contribution in [-0.4, -0.2) is 23.7 Å². The number of nitrogens with zero attached hydrogens (tertiary/aromatic N) is 1. The van der Waals surface area contributed by atoms with Gasteiger partial charge in [-0.2, -0.15) is 11.8 Å². The molecule has 1 aromatic carbocycles. The second-order valence-electron chi connectivity index (χ2n) is 4.78. The van der Waals surface area contributed by atoms with Gasteiger partial charge < -0.3 is 9.73 Å². The van der Waals surface area contributed by atoms with Crippen LogP contribution < -0.4 is 5.32 Å². The maximum absolute atomic E-state index is 12.0. The maximum Gasteiger partial charge on any atom is 0.287 e. The molecule has 1 N–H and O–H groups in total. The molecule has 4 nitrogen and oxygen atoms in total. The third-order valence-electron chi connectivity index (χ3n) is 3.13. The molecule has 114 valence electrons. The Bertz CT molecular complexity index is 746. The molecule has 6 heteroatoms. The van der Waals surface area contributed by atoms with Crippen molar-refractivity contribution in [3.63, 3.8) is 0 Å². The summed E-state index contributed by atoms with van der Waals surface area (Å²) in [5, 5.41) is 3.91. The van der Waals surface area contributed by atoms with E-state index in [2.05, 4.69) is 16.4 Å². The Balaban J connectivity index is 1.54. The first-order valence-corrected chi connectivity index (χ1v) is 9.17. The SMILES string of the molecule is CSCc1ccc(C(=O)NCCc2nc3ccccc3s2)o1. The van der Waals surface area contributed by atoms with E-state index in [0.29, 0.717) is 12.3 Å². The van der Waals surface area contributed by atoms with Crippen LogP contribution in [0.15, 0.2) is 40.8 Å². The Kier molecular flexibility index (Phi) is 4.80. The number of thioether (sulfide) groups is 1. The summed E-state index contributed by atoms with van der Waals surface area (Å²) in [5.74, 6) is 1.80. The first kappa shape index (κ1) is 15.1. The number of nitrogens with one attached hydrogen (secondary N) is 1. The second-order valence-corrected chi connectivity index (χ2v) is 6.76. The molecule has 2 aromatic heterocycles. The minimum absolute atomic E-state index is 0.173. The minimum Gasteiger partial charge on any atom is -0.455 e. The number of aromatic nitrogens is 1. The third kappa shape index (κ3) is 3.51. The highest BCUT2D eigenvalue weighted by molar-refractivity contribution is 7.97. The molecule has 2 heterocycles. The number of amides is 1. The number of benzene rings is 1. The van der Waals surface area contributed by atoms with Crippen LogP contribution in [0.5, 0.6) is 0 Å². The smallest absolute Gasteiger partial charge is 0.287 e. The maximum atomic E-state index is 12.0. The zero-order valence-electron chi connectivity index (χ0n) is 12.2. The summed E-state index contributed by atoms with van der Waals surface area (Å²) in [4.78, 5) is 16.5. The van der Waals surface area contributed by atoms with Crippen LogP contribution in [0.1, 0.15) is 21.3 Å². The molecular formula is C16H16N2O2S2. The number of fused-ring (bicyclic) bond motifs is 1. The van der Waals surface area contributed by atoms with E-state index in [1.54, 1.807) is 29.2 Å². The average Bonchev–Trinajstić information content (AvgIpc) is 3.13. The molecule has 0 atom stereocenters. The van der Waals surface area contributed by atoms with Crippen molar-refractivity contribution in [2.24, 2.45) is 0 Å². The number of carbonyl (C=O) groups excluding carboxylic acids is 1. The van der Waals surface area contributed by atoms with Crippen molar-refractivity contribution in [1.82, 2.24) is 10.3 Å². The molecule has 0 spiro atoms. The Labute approximate surface area is 136 Å². The zero-order chi connectivity index (χ0) is 15.4. The Morgan fingerprint density at radius 2 is 2.18 bits per heavy atom. The summed E-state index contributed by atoms with van der Waals surface area (Å²) in [7, 11) is 0. The van der Waals surface area contributed by atoms with Crippen molar-refractivity contribution in [2.75, 3.05) is 12.8 Å². The molecular weight excluding hydrogens is 316 g/mol. The molecule has 0 aliphatic carbocycles. The van der Waals surface area contributed by atoms with Crippen LogP contribution in [0.3, 0.4) is 0 Å². The molecule has 22 heavy (non-hydrogen) atoms. The van der Waals surface area contributed by atoms with Gasteiger partial charge in [-0.25, -0.2) is 4.98 Å². The number of furan rings is 1. The van der Waals surface area contributed by atoms with E-state index in [9.17, 15) is 4.79 Å². The summed E-state index contributed by atoms with van der Waals surface area (Å²) in [5.41, 5.74) is 1.02. The van der Waals surface area contributed by atoms with Crippen LogP contribution in [0.25, 0.3) is 10.2 Å². The highest BCUT2D eigenvalue weighted by Gasteiger charge is 2.11. The minimum atomic E-state index is -0.173. The fourth-order valence-electron chi connectivity index (χ4n) is 2.12. The van der Waals surface area contributed by atoms with E-state index in [0.717, 1.165) is 28.5 Å². The van der Waals surface area contributed by atoms with Crippen molar-refractivity contribution >= 4 is 39.2 Å². The van der Waals surface area contributed by atoms with Gasteiger partial charge in [-0.1, -0.05) is 12.1 Å². The summed E-state index contributed by atoms with van der Waals surface area (Å²) >= 11 is 3.33.